The third-order valence-corrected chi connectivity index (χ3v) is 3.31. The Hall–Kier alpha value is -2.44. The highest BCUT2D eigenvalue weighted by atomic mass is 16.4. The number of hydrogen-bond acceptors (Lipinski definition) is 5. The van der Waals surface area contributed by atoms with Crippen LogP contribution in [0.25, 0.3) is 5.82 Å². The highest BCUT2D eigenvalue weighted by Crippen LogP contribution is 2.24. The molecule has 0 aromatic carbocycles. The predicted octanol–water partition coefficient (Wildman–Crippen LogP) is 0.636. The Morgan fingerprint density at radius 1 is 1.26 bits per heavy atom. The van der Waals surface area contributed by atoms with Gasteiger partial charge in [-0.05, 0) is 25.7 Å². The number of fused-ring (bicyclic) bond motifs is 1. The molecule has 7 nitrogen and oxygen atoms in total. The van der Waals surface area contributed by atoms with Gasteiger partial charge in [0.1, 0.15) is 12.1 Å². The average Bonchev–Trinajstić information content (AvgIpc) is 2.95. The molecule has 3 rings (SSSR count). The summed E-state index contributed by atoms with van der Waals surface area (Å²) in [5, 5.41) is 11.8. The topological polar surface area (TPSA) is 102 Å². The third-order valence-electron chi connectivity index (χ3n) is 3.31. The molecule has 0 aliphatic heterocycles. The molecule has 0 atom stereocenters. The molecule has 0 saturated carbocycles. The van der Waals surface area contributed by atoms with Crippen LogP contribution in [-0.4, -0.2) is 30.6 Å². The molecule has 7 heteroatoms. The van der Waals surface area contributed by atoms with E-state index in [0.29, 0.717) is 5.82 Å². The number of amidine groups is 1. The average molecular weight is 258 g/mol. The molecule has 1 aliphatic carbocycles. The number of imidazole rings is 1. The Kier molecular flexibility index (Phi) is 2.86. The van der Waals surface area contributed by atoms with Gasteiger partial charge in [0.05, 0.1) is 0 Å². The molecule has 98 valence electrons. The lowest BCUT2D eigenvalue weighted by atomic mass is 9.96. The lowest BCUT2D eigenvalue weighted by Gasteiger charge is -2.18. The van der Waals surface area contributed by atoms with E-state index in [-0.39, 0.29) is 5.84 Å². The van der Waals surface area contributed by atoms with Crippen molar-refractivity contribution in [2.45, 2.75) is 25.7 Å². The molecule has 2 heterocycles. The SMILES string of the molecule is NC(=NO)c1nccn1-c1ncnc2c1CCCC2. The molecule has 0 fully saturated rings. The van der Waals surface area contributed by atoms with E-state index in [9.17, 15) is 0 Å². The number of rotatable bonds is 2. The Morgan fingerprint density at radius 3 is 2.95 bits per heavy atom. The van der Waals surface area contributed by atoms with Crippen molar-refractivity contribution in [2.24, 2.45) is 10.9 Å². The molecule has 0 amide bonds. The number of oxime groups is 1. The lowest BCUT2D eigenvalue weighted by Crippen LogP contribution is -2.21. The van der Waals surface area contributed by atoms with Gasteiger partial charge in [0.15, 0.2) is 5.82 Å². The van der Waals surface area contributed by atoms with Crippen LogP contribution in [0.5, 0.6) is 0 Å². The van der Waals surface area contributed by atoms with Crippen molar-refractivity contribution in [2.75, 3.05) is 0 Å². The van der Waals surface area contributed by atoms with Crippen LogP contribution < -0.4 is 5.73 Å². The second kappa shape index (κ2) is 4.68. The minimum Gasteiger partial charge on any atom is -0.409 e. The molecule has 0 radical (unpaired) electrons. The molecule has 1 aliphatic rings. The first kappa shape index (κ1) is 11.6. The summed E-state index contributed by atoms with van der Waals surface area (Å²) < 4.78 is 1.74. The van der Waals surface area contributed by atoms with Crippen LogP contribution in [0.2, 0.25) is 0 Å². The van der Waals surface area contributed by atoms with Gasteiger partial charge in [-0.3, -0.25) is 4.57 Å². The second-order valence-corrected chi connectivity index (χ2v) is 4.44. The Bertz CT molecular complexity index is 633. The van der Waals surface area contributed by atoms with Crippen molar-refractivity contribution in [1.82, 2.24) is 19.5 Å². The van der Waals surface area contributed by atoms with Crippen LogP contribution in [0.1, 0.15) is 29.9 Å². The summed E-state index contributed by atoms with van der Waals surface area (Å²) in [7, 11) is 0. The minimum absolute atomic E-state index is 0.0341. The van der Waals surface area contributed by atoms with E-state index < -0.39 is 0 Å². The van der Waals surface area contributed by atoms with E-state index >= 15 is 0 Å². The van der Waals surface area contributed by atoms with E-state index in [4.69, 9.17) is 10.9 Å². The van der Waals surface area contributed by atoms with Gasteiger partial charge in [-0.1, -0.05) is 5.16 Å². The molecule has 2 aromatic rings. The van der Waals surface area contributed by atoms with Crippen molar-refractivity contribution in [3.63, 3.8) is 0 Å². The van der Waals surface area contributed by atoms with Crippen LogP contribution in [0.15, 0.2) is 23.9 Å². The summed E-state index contributed by atoms with van der Waals surface area (Å²) in [5.41, 5.74) is 7.83. The zero-order valence-electron chi connectivity index (χ0n) is 10.3. The van der Waals surface area contributed by atoms with Crippen LogP contribution in [0.4, 0.5) is 0 Å². The van der Waals surface area contributed by atoms with Gasteiger partial charge < -0.3 is 10.9 Å². The number of aryl methyl sites for hydroxylation is 1. The Balaban J connectivity index is 2.15. The molecule has 0 bridgehead atoms. The van der Waals surface area contributed by atoms with Gasteiger partial charge in [0.25, 0.3) is 0 Å². The summed E-state index contributed by atoms with van der Waals surface area (Å²) in [6.07, 6.45) is 9.10. The molecule has 19 heavy (non-hydrogen) atoms. The van der Waals surface area contributed by atoms with E-state index in [2.05, 4.69) is 20.1 Å². The third kappa shape index (κ3) is 1.92. The molecule has 0 spiro atoms. The first-order valence-electron chi connectivity index (χ1n) is 6.15. The zero-order chi connectivity index (χ0) is 13.2. The summed E-state index contributed by atoms with van der Waals surface area (Å²) in [5.74, 6) is 1.12. The fourth-order valence-electron chi connectivity index (χ4n) is 2.42. The largest absolute Gasteiger partial charge is 0.409 e. The van der Waals surface area contributed by atoms with E-state index in [1.54, 1.807) is 23.3 Å². The smallest absolute Gasteiger partial charge is 0.206 e. The summed E-state index contributed by atoms with van der Waals surface area (Å²) in [6, 6.07) is 0. The number of nitrogens with zero attached hydrogens (tertiary/aromatic N) is 5. The fraction of sp³-hybridized carbons (Fsp3) is 0.333. The highest BCUT2D eigenvalue weighted by Gasteiger charge is 2.19. The summed E-state index contributed by atoms with van der Waals surface area (Å²) in [6.45, 7) is 0. The molecular weight excluding hydrogens is 244 g/mol. The van der Waals surface area contributed by atoms with Crippen LogP contribution in [0, 0.1) is 0 Å². The fourth-order valence-corrected chi connectivity index (χ4v) is 2.42. The van der Waals surface area contributed by atoms with Gasteiger partial charge in [-0.25, -0.2) is 15.0 Å². The standard InChI is InChI=1S/C12H14N6O/c13-10(17-19)12-14-5-6-18(12)11-8-3-1-2-4-9(8)15-7-16-11/h5-7,19H,1-4H2,(H2,13,17). The summed E-state index contributed by atoms with van der Waals surface area (Å²) in [4.78, 5) is 12.8. The molecule has 3 N–H and O–H groups in total. The maximum Gasteiger partial charge on any atom is 0.206 e. The number of aromatic nitrogens is 4. The minimum atomic E-state index is -0.0341. The van der Waals surface area contributed by atoms with Crippen LogP contribution >= 0.6 is 0 Å². The van der Waals surface area contributed by atoms with Crippen molar-refractivity contribution in [3.8, 4) is 5.82 Å². The zero-order valence-corrected chi connectivity index (χ0v) is 10.3. The molecule has 0 saturated heterocycles. The van der Waals surface area contributed by atoms with Crippen LogP contribution in [-0.2, 0) is 12.8 Å². The van der Waals surface area contributed by atoms with Gasteiger partial charge in [0, 0.05) is 23.7 Å². The first-order chi connectivity index (χ1) is 9.31. The normalized spacial score (nSPS) is 15.3. The van der Waals surface area contributed by atoms with Crippen molar-refractivity contribution < 1.29 is 5.21 Å². The molecule has 2 aromatic heterocycles. The number of nitrogens with two attached hydrogens (primary N) is 1. The maximum absolute atomic E-state index is 8.79. The molecule has 0 unspecified atom stereocenters. The maximum atomic E-state index is 8.79. The molecular formula is C12H14N6O. The predicted molar refractivity (Wildman–Crippen MR) is 68.3 cm³/mol. The van der Waals surface area contributed by atoms with E-state index in [0.717, 1.165) is 42.8 Å². The quantitative estimate of drug-likeness (QED) is 0.356. The summed E-state index contributed by atoms with van der Waals surface area (Å²) >= 11 is 0. The Labute approximate surface area is 109 Å². The van der Waals surface area contributed by atoms with Crippen LogP contribution in [0.3, 0.4) is 0 Å². The Morgan fingerprint density at radius 2 is 2.11 bits per heavy atom. The van der Waals surface area contributed by atoms with Crippen molar-refractivity contribution in [1.29, 1.82) is 0 Å². The van der Waals surface area contributed by atoms with Gasteiger partial charge in [-0.2, -0.15) is 0 Å². The van der Waals surface area contributed by atoms with E-state index in [1.807, 2.05) is 0 Å². The van der Waals surface area contributed by atoms with Gasteiger partial charge in [-0.15, -0.1) is 0 Å². The van der Waals surface area contributed by atoms with Crippen molar-refractivity contribution in [3.05, 3.63) is 35.8 Å². The second-order valence-electron chi connectivity index (χ2n) is 4.44. The van der Waals surface area contributed by atoms with E-state index in [1.165, 1.54) is 0 Å². The lowest BCUT2D eigenvalue weighted by molar-refractivity contribution is 0.318. The first-order valence-corrected chi connectivity index (χ1v) is 6.15. The van der Waals surface area contributed by atoms with Crippen molar-refractivity contribution >= 4 is 5.84 Å². The van der Waals surface area contributed by atoms with Gasteiger partial charge in [0.2, 0.25) is 5.84 Å². The number of hydrogen-bond donors (Lipinski definition) is 2. The monoisotopic (exact) mass is 258 g/mol. The highest BCUT2D eigenvalue weighted by molar-refractivity contribution is 5.94. The van der Waals surface area contributed by atoms with Gasteiger partial charge >= 0.3 is 0 Å².